The average Bonchev–Trinajstić information content (AvgIpc) is 3.24. The normalized spacial score (nSPS) is 11.2. The molecule has 0 bridgehead atoms. The lowest BCUT2D eigenvalue weighted by molar-refractivity contribution is 0.486. The molecule has 0 radical (unpaired) electrons. The summed E-state index contributed by atoms with van der Waals surface area (Å²) < 4.78 is 1.15. The van der Waals surface area contributed by atoms with E-state index < -0.39 is 0 Å². The number of thiophene rings is 1. The Labute approximate surface area is 174 Å². The third-order valence-corrected chi connectivity index (χ3v) is 6.16. The van der Waals surface area contributed by atoms with E-state index in [-0.39, 0.29) is 24.0 Å². The van der Waals surface area contributed by atoms with E-state index >= 15 is 0 Å². The first-order chi connectivity index (χ1) is 11.3. The molecular formula is C16H25IN4S3. The van der Waals surface area contributed by atoms with Crippen LogP contribution in [0.4, 0.5) is 0 Å². The van der Waals surface area contributed by atoms with E-state index in [2.05, 4.69) is 46.7 Å². The second-order valence-corrected chi connectivity index (χ2v) is 8.26. The standard InChI is InChI=1S/C16H24N4S3.HI/c1-3-17-15(20(2)10-7-14-6-4-11-21-14)18-8-5-12-22-16-19-9-13-23-16;/h4,6,9,11,13H,3,5,7-8,10,12H2,1-2H3,(H,17,18);1H. The molecule has 24 heavy (non-hydrogen) atoms. The van der Waals surface area contributed by atoms with Gasteiger partial charge < -0.3 is 10.2 Å². The molecule has 8 heteroatoms. The maximum absolute atomic E-state index is 4.74. The maximum atomic E-state index is 4.74. The molecule has 0 amide bonds. The molecule has 0 spiro atoms. The molecule has 2 heterocycles. The molecule has 0 aliphatic carbocycles. The number of guanidine groups is 1. The molecule has 134 valence electrons. The topological polar surface area (TPSA) is 40.5 Å². The molecule has 0 saturated carbocycles. The maximum Gasteiger partial charge on any atom is 0.193 e. The van der Waals surface area contributed by atoms with Crippen LogP contribution in [0, 0.1) is 0 Å². The van der Waals surface area contributed by atoms with Crippen LogP contribution in [0.3, 0.4) is 0 Å². The predicted molar refractivity (Wildman–Crippen MR) is 120 cm³/mol. The van der Waals surface area contributed by atoms with Crippen molar-refractivity contribution in [1.29, 1.82) is 0 Å². The minimum atomic E-state index is 0. The van der Waals surface area contributed by atoms with Crippen molar-refractivity contribution in [1.82, 2.24) is 15.2 Å². The number of halogens is 1. The number of likely N-dealkylation sites (N-methyl/N-ethyl adjacent to an activating group) is 1. The average molecular weight is 497 g/mol. The van der Waals surface area contributed by atoms with Crippen LogP contribution in [0.1, 0.15) is 18.2 Å². The number of aliphatic imine (C=N–C) groups is 1. The number of hydrogen-bond donors (Lipinski definition) is 1. The van der Waals surface area contributed by atoms with E-state index in [1.165, 1.54) is 4.88 Å². The zero-order valence-electron chi connectivity index (χ0n) is 14.1. The van der Waals surface area contributed by atoms with Crippen molar-refractivity contribution in [2.45, 2.75) is 24.1 Å². The summed E-state index contributed by atoms with van der Waals surface area (Å²) in [5.41, 5.74) is 0. The first-order valence-electron chi connectivity index (χ1n) is 7.83. The van der Waals surface area contributed by atoms with Gasteiger partial charge in [-0.15, -0.1) is 46.7 Å². The molecule has 0 fully saturated rings. The highest BCUT2D eigenvalue weighted by Crippen LogP contribution is 2.20. The van der Waals surface area contributed by atoms with Gasteiger partial charge in [-0.1, -0.05) is 17.8 Å². The number of nitrogens with zero attached hydrogens (tertiary/aromatic N) is 3. The van der Waals surface area contributed by atoms with E-state index in [1.807, 2.05) is 34.7 Å². The number of thiazole rings is 1. The van der Waals surface area contributed by atoms with E-state index in [0.29, 0.717) is 0 Å². The molecular weight excluding hydrogens is 471 g/mol. The molecule has 0 aliphatic heterocycles. The molecule has 0 saturated heterocycles. The van der Waals surface area contributed by atoms with Crippen LogP contribution >= 0.6 is 58.4 Å². The van der Waals surface area contributed by atoms with Gasteiger partial charge in [0.05, 0.1) is 0 Å². The minimum absolute atomic E-state index is 0. The molecule has 2 aromatic heterocycles. The Morgan fingerprint density at radius 1 is 1.38 bits per heavy atom. The lowest BCUT2D eigenvalue weighted by atomic mass is 10.3. The Bertz CT molecular complexity index is 558. The summed E-state index contributed by atoms with van der Waals surface area (Å²) in [6, 6.07) is 4.30. The zero-order valence-corrected chi connectivity index (χ0v) is 18.9. The molecule has 0 aliphatic rings. The van der Waals surface area contributed by atoms with Crippen LogP contribution in [-0.4, -0.2) is 48.3 Å². The van der Waals surface area contributed by atoms with Gasteiger partial charge in [0.1, 0.15) is 4.34 Å². The Morgan fingerprint density at radius 2 is 2.25 bits per heavy atom. The van der Waals surface area contributed by atoms with Gasteiger partial charge in [0, 0.05) is 48.9 Å². The van der Waals surface area contributed by atoms with Crippen molar-refractivity contribution in [2.75, 3.05) is 32.4 Å². The summed E-state index contributed by atoms with van der Waals surface area (Å²) in [4.78, 5) is 12.7. The minimum Gasteiger partial charge on any atom is -0.357 e. The van der Waals surface area contributed by atoms with Gasteiger partial charge in [-0.25, -0.2) is 4.98 Å². The van der Waals surface area contributed by atoms with Crippen molar-refractivity contribution < 1.29 is 0 Å². The fraction of sp³-hybridized carbons (Fsp3) is 0.500. The van der Waals surface area contributed by atoms with E-state index in [9.17, 15) is 0 Å². The molecule has 4 nitrogen and oxygen atoms in total. The molecule has 1 N–H and O–H groups in total. The largest absolute Gasteiger partial charge is 0.357 e. The molecule has 0 atom stereocenters. The van der Waals surface area contributed by atoms with Crippen molar-refractivity contribution in [3.8, 4) is 0 Å². The quantitative estimate of drug-likeness (QED) is 0.183. The number of aromatic nitrogens is 1. The van der Waals surface area contributed by atoms with E-state index in [0.717, 1.165) is 48.5 Å². The second kappa shape index (κ2) is 13.0. The summed E-state index contributed by atoms with van der Waals surface area (Å²) in [6.45, 7) is 4.85. The summed E-state index contributed by atoms with van der Waals surface area (Å²) in [5, 5.41) is 7.53. The van der Waals surface area contributed by atoms with Gasteiger partial charge >= 0.3 is 0 Å². The monoisotopic (exact) mass is 496 g/mol. The lowest BCUT2D eigenvalue weighted by Gasteiger charge is -2.21. The summed E-state index contributed by atoms with van der Waals surface area (Å²) >= 11 is 5.33. The molecule has 0 aromatic carbocycles. The Morgan fingerprint density at radius 3 is 2.92 bits per heavy atom. The SMILES string of the molecule is CCNC(=NCCCSc1nccs1)N(C)CCc1cccs1.I. The second-order valence-electron chi connectivity index (χ2n) is 4.99. The predicted octanol–water partition coefficient (Wildman–Crippen LogP) is 4.44. The van der Waals surface area contributed by atoms with Gasteiger partial charge in [0.2, 0.25) is 0 Å². The highest BCUT2D eigenvalue weighted by molar-refractivity contribution is 14.0. The Balaban J connectivity index is 0.00000288. The van der Waals surface area contributed by atoms with Crippen molar-refractivity contribution in [3.05, 3.63) is 34.0 Å². The molecule has 2 aromatic rings. The number of nitrogens with one attached hydrogen (secondary N) is 1. The summed E-state index contributed by atoms with van der Waals surface area (Å²) in [6.07, 6.45) is 3.99. The Kier molecular flexibility index (Phi) is 11.7. The van der Waals surface area contributed by atoms with Crippen LogP contribution in [0.5, 0.6) is 0 Å². The molecule has 0 unspecified atom stereocenters. The first kappa shape index (κ1) is 21.7. The summed E-state index contributed by atoms with van der Waals surface area (Å²) in [5.74, 6) is 2.07. The fourth-order valence-electron chi connectivity index (χ4n) is 2.00. The van der Waals surface area contributed by atoms with Gasteiger partial charge in [-0.2, -0.15) is 0 Å². The van der Waals surface area contributed by atoms with Crippen LogP contribution in [-0.2, 0) is 6.42 Å². The van der Waals surface area contributed by atoms with Crippen molar-refractivity contribution in [2.24, 2.45) is 4.99 Å². The first-order valence-corrected chi connectivity index (χ1v) is 10.6. The number of rotatable bonds is 9. The van der Waals surface area contributed by atoms with Gasteiger partial charge in [0.25, 0.3) is 0 Å². The third kappa shape index (κ3) is 8.17. The lowest BCUT2D eigenvalue weighted by Crippen LogP contribution is -2.40. The zero-order chi connectivity index (χ0) is 16.3. The Hall–Kier alpha value is -0.320. The molecule has 2 rings (SSSR count). The van der Waals surface area contributed by atoms with E-state index in [1.54, 1.807) is 11.3 Å². The van der Waals surface area contributed by atoms with Crippen LogP contribution in [0.15, 0.2) is 38.4 Å². The fourth-order valence-corrected chi connectivity index (χ4v) is 4.33. The highest BCUT2D eigenvalue weighted by Gasteiger charge is 2.06. The summed E-state index contributed by atoms with van der Waals surface area (Å²) in [7, 11) is 2.11. The van der Waals surface area contributed by atoms with Gasteiger partial charge in [0.15, 0.2) is 5.96 Å². The van der Waals surface area contributed by atoms with Gasteiger partial charge in [-0.05, 0) is 31.2 Å². The van der Waals surface area contributed by atoms with Gasteiger partial charge in [-0.3, -0.25) is 4.99 Å². The van der Waals surface area contributed by atoms with Crippen LogP contribution in [0.2, 0.25) is 0 Å². The van der Waals surface area contributed by atoms with E-state index in [4.69, 9.17) is 4.99 Å². The van der Waals surface area contributed by atoms with Crippen molar-refractivity contribution in [3.63, 3.8) is 0 Å². The number of thioether (sulfide) groups is 1. The van der Waals surface area contributed by atoms with Crippen LogP contribution < -0.4 is 5.32 Å². The van der Waals surface area contributed by atoms with Crippen molar-refractivity contribution >= 4 is 64.4 Å². The smallest absolute Gasteiger partial charge is 0.193 e. The highest BCUT2D eigenvalue weighted by atomic mass is 127. The number of hydrogen-bond acceptors (Lipinski definition) is 5. The third-order valence-electron chi connectivity index (χ3n) is 3.17. The van der Waals surface area contributed by atoms with Crippen LogP contribution in [0.25, 0.3) is 0 Å².